The molecule has 25 heavy (non-hydrogen) atoms. The Bertz CT molecular complexity index is 620. The molecule has 0 spiro atoms. The van der Waals surface area contributed by atoms with Gasteiger partial charge in [0.05, 0.1) is 0 Å². The van der Waals surface area contributed by atoms with Gasteiger partial charge in [0.2, 0.25) is 5.91 Å². The number of piperazine rings is 1. The maximum absolute atomic E-state index is 12.7. The van der Waals surface area contributed by atoms with Crippen LogP contribution in [0, 0.1) is 11.8 Å². The number of aromatic hydroxyl groups is 1. The molecule has 2 N–H and O–H groups in total. The van der Waals surface area contributed by atoms with Gasteiger partial charge >= 0.3 is 5.97 Å². The molecule has 0 aromatic heterocycles. The van der Waals surface area contributed by atoms with Gasteiger partial charge < -0.3 is 15.1 Å². The van der Waals surface area contributed by atoms with E-state index in [-0.39, 0.29) is 17.6 Å². The number of carboxylic acids is 1. The Labute approximate surface area is 148 Å². The van der Waals surface area contributed by atoms with Crippen molar-refractivity contribution in [2.45, 2.75) is 32.2 Å². The van der Waals surface area contributed by atoms with Crippen molar-refractivity contribution < 1.29 is 19.8 Å². The minimum absolute atomic E-state index is 0.00433. The molecule has 0 bridgehead atoms. The number of phenolic OH excluding ortho intramolecular Hbond substituents is 1. The number of amides is 1. The van der Waals surface area contributed by atoms with Crippen LogP contribution in [0.3, 0.4) is 0 Å². The van der Waals surface area contributed by atoms with Crippen LogP contribution in [-0.4, -0.2) is 58.1 Å². The van der Waals surface area contributed by atoms with Gasteiger partial charge in [-0.05, 0) is 36.5 Å². The molecular weight excluding hydrogens is 320 g/mol. The number of nitrogens with zero attached hydrogens (tertiary/aromatic N) is 2. The summed E-state index contributed by atoms with van der Waals surface area (Å²) in [5.41, 5.74) is 1.04. The van der Waals surface area contributed by atoms with E-state index in [1.807, 2.05) is 12.1 Å². The first-order chi connectivity index (χ1) is 12.0. The normalized spacial score (nSPS) is 20.6. The van der Waals surface area contributed by atoms with Gasteiger partial charge in [-0.1, -0.05) is 25.0 Å². The molecule has 6 heteroatoms. The van der Waals surface area contributed by atoms with E-state index in [1.54, 1.807) is 17.0 Å². The van der Waals surface area contributed by atoms with E-state index in [0.29, 0.717) is 13.1 Å². The van der Waals surface area contributed by atoms with E-state index < -0.39 is 11.9 Å². The average molecular weight is 346 g/mol. The van der Waals surface area contributed by atoms with Crippen molar-refractivity contribution in [3.05, 3.63) is 29.8 Å². The summed E-state index contributed by atoms with van der Waals surface area (Å²) in [4.78, 5) is 28.3. The number of benzene rings is 1. The van der Waals surface area contributed by atoms with Crippen molar-refractivity contribution in [2.24, 2.45) is 11.8 Å². The molecule has 1 saturated carbocycles. The second-order valence-electron chi connectivity index (χ2n) is 7.13. The first-order valence-electron chi connectivity index (χ1n) is 9.06. The summed E-state index contributed by atoms with van der Waals surface area (Å²) in [6, 6.07) is 7.19. The molecule has 6 nitrogen and oxygen atoms in total. The SMILES string of the molecule is O=C(O)C(C(=O)N1CCN(Cc2cccc(O)c2)CC1)C1CCCC1. The van der Waals surface area contributed by atoms with Crippen LogP contribution in [-0.2, 0) is 16.1 Å². The molecule has 136 valence electrons. The number of phenols is 1. The molecule has 0 radical (unpaired) electrons. The van der Waals surface area contributed by atoms with E-state index in [0.717, 1.165) is 50.9 Å². The molecule has 1 unspecified atom stereocenters. The lowest BCUT2D eigenvalue weighted by Crippen LogP contribution is -2.52. The standard InChI is InChI=1S/C19H26N2O4/c22-16-7-3-4-14(12-16)13-20-8-10-21(11-9-20)18(23)17(19(24)25)15-5-1-2-6-15/h3-4,7,12,15,17,22H,1-2,5-6,8-11,13H2,(H,24,25). The van der Waals surface area contributed by atoms with Crippen molar-refractivity contribution in [3.8, 4) is 5.75 Å². The Morgan fingerprint density at radius 1 is 1.12 bits per heavy atom. The quantitative estimate of drug-likeness (QED) is 0.796. The lowest BCUT2D eigenvalue weighted by atomic mass is 9.89. The summed E-state index contributed by atoms with van der Waals surface area (Å²) < 4.78 is 0. The van der Waals surface area contributed by atoms with Crippen molar-refractivity contribution >= 4 is 11.9 Å². The van der Waals surface area contributed by atoms with E-state index in [4.69, 9.17) is 0 Å². The van der Waals surface area contributed by atoms with Gasteiger partial charge in [0, 0.05) is 32.7 Å². The van der Waals surface area contributed by atoms with Crippen molar-refractivity contribution in [1.82, 2.24) is 9.80 Å². The highest BCUT2D eigenvalue weighted by Crippen LogP contribution is 2.33. The highest BCUT2D eigenvalue weighted by molar-refractivity contribution is 5.97. The number of rotatable bonds is 5. The second-order valence-corrected chi connectivity index (χ2v) is 7.13. The van der Waals surface area contributed by atoms with Gasteiger partial charge in [-0.25, -0.2) is 0 Å². The van der Waals surface area contributed by atoms with Crippen LogP contribution >= 0.6 is 0 Å². The van der Waals surface area contributed by atoms with Gasteiger partial charge in [0.25, 0.3) is 0 Å². The van der Waals surface area contributed by atoms with Gasteiger partial charge in [-0.15, -0.1) is 0 Å². The molecule has 1 aromatic carbocycles. The Balaban J connectivity index is 1.55. The summed E-state index contributed by atoms with van der Waals surface area (Å²) in [6.07, 6.45) is 3.75. The molecule has 2 aliphatic rings. The summed E-state index contributed by atoms with van der Waals surface area (Å²) in [7, 11) is 0. The Kier molecular flexibility index (Phi) is 5.58. The van der Waals surface area contributed by atoms with Crippen LogP contribution in [0.25, 0.3) is 0 Å². The molecule has 1 atom stereocenters. The van der Waals surface area contributed by atoms with Crippen LogP contribution in [0.4, 0.5) is 0 Å². The van der Waals surface area contributed by atoms with Gasteiger partial charge in [-0.3, -0.25) is 14.5 Å². The fraction of sp³-hybridized carbons (Fsp3) is 0.579. The lowest BCUT2D eigenvalue weighted by molar-refractivity contribution is -0.154. The minimum Gasteiger partial charge on any atom is -0.508 e. The van der Waals surface area contributed by atoms with Crippen molar-refractivity contribution in [2.75, 3.05) is 26.2 Å². The maximum atomic E-state index is 12.7. The Morgan fingerprint density at radius 2 is 1.80 bits per heavy atom. The van der Waals surface area contributed by atoms with Crippen LogP contribution < -0.4 is 0 Å². The molecule has 1 aliphatic heterocycles. The van der Waals surface area contributed by atoms with Gasteiger partial charge in [0.1, 0.15) is 11.7 Å². The first-order valence-corrected chi connectivity index (χ1v) is 9.06. The Morgan fingerprint density at radius 3 is 2.40 bits per heavy atom. The van der Waals surface area contributed by atoms with E-state index >= 15 is 0 Å². The van der Waals surface area contributed by atoms with E-state index in [9.17, 15) is 19.8 Å². The number of hydrogen-bond acceptors (Lipinski definition) is 4. The number of carbonyl (C=O) groups excluding carboxylic acids is 1. The zero-order valence-electron chi connectivity index (χ0n) is 14.4. The fourth-order valence-electron chi connectivity index (χ4n) is 4.04. The summed E-state index contributed by atoms with van der Waals surface area (Å²) >= 11 is 0. The van der Waals surface area contributed by atoms with Gasteiger partial charge in [0.15, 0.2) is 0 Å². The van der Waals surface area contributed by atoms with Gasteiger partial charge in [-0.2, -0.15) is 0 Å². The van der Waals surface area contributed by atoms with Crippen LogP contribution in [0.1, 0.15) is 31.2 Å². The number of carboxylic acid groups (broad SMARTS) is 1. The summed E-state index contributed by atoms with van der Waals surface area (Å²) in [5, 5.41) is 19.1. The molecule has 1 aromatic rings. The zero-order valence-corrected chi connectivity index (χ0v) is 14.4. The highest BCUT2D eigenvalue weighted by Gasteiger charge is 2.39. The third-order valence-electron chi connectivity index (χ3n) is 5.40. The third-order valence-corrected chi connectivity index (χ3v) is 5.40. The van der Waals surface area contributed by atoms with Crippen LogP contribution in [0.5, 0.6) is 5.75 Å². The maximum Gasteiger partial charge on any atom is 0.316 e. The molecule has 1 saturated heterocycles. The molecule has 3 rings (SSSR count). The minimum atomic E-state index is -0.973. The molecule has 1 heterocycles. The van der Waals surface area contributed by atoms with Crippen molar-refractivity contribution in [3.63, 3.8) is 0 Å². The predicted molar refractivity (Wildman–Crippen MR) is 93.0 cm³/mol. The second kappa shape index (κ2) is 7.87. The average Bonchev–Trinajstić information content (AvgIpc) is 3.09. The largest absolute Gasteiger partial charge is 0.508 e. The molecule has 2 fully saturated rings. The third kappa shape index (κ3) is 4.31. The fourth-order valence-corrected chi connectivity index (χ4v) is 4.04. The smallest absolute Gasteiger partial charge is 0.316 e. The monoisotopic (exact) mass is 346 g/mol. The molecular formula is C19H26N2O4. The van der Waals surface area contributed by atoms with Crippen LogP contribution in [0.2, 0.25) is 0 Å². The molecule has 1 amide bonds. The lowest BCUT2D eigenvalue weighted by Gasteiger charge is -2.36. The predicted octanol–water partition coefficient (Wildman–Crippen LogP) is 1.93. The summed E-state index contributed by atoms with van der Waals surface area (Å²) in [6.45, 7) is 3.29. The topological polar surface area (TPSA) is 81.1 Å². The zero-order chi connectivity index (χ0) is 17.8. The van der Waals surface area contributed by atoms with E-state index in [1.165, 1.54) is 0 Å². The number of hydrogen-bond donors (Lipinski definition) is 2. The molecule has 1 aliphatic carbocycles. The number of carbonyl (C=O) groups is 2. The summed E-state index contributed by atoms with van der Waals surface area (Å²) in [5.74, 6) is -1.81. The number of aliphatic carboxylic acids is 1. The van der Waals surface area contributed by atoms with Crippen LogP contribution in [0.15, 0.2) is 24.3 Å². The first kappa shape index (κ1) is 17.7. The highest BCUT2D eigenvalue weighted by atomic mass is 16.4. The Hall–Kier alpha value is -2.08. The van der Waals surface area contributed by atoms with Crippen molar-refractivity contribution in [1.29, 1.82) is 0 Å². The van der Waals surface area contributed by atoms with E-state index in [2.05, 4.69) is 4.90 Å².